The Hall–Kier alpha value is -3.46. The van der Waals surface area contributed by atoms with Crippen molar-refractivity contribution in [1.82, 2.24) is 9.72 Å². The summed E-state index contributed by atoms with van der Waals surface area (Å²) in [6.45, 7) is 6.12. The smallest absolute Gasteiger partial charge is 0.342 e. The Morgan fingerprint density at radius 2 is 1.89 bits per heavy atom. The third kappa shape index (κ3) is 3.93. The van der Waals surface area contributed by atoms with Crippen LogP contribution >= 0.6 is 11.3 Å². The highest BCUT2D eigenvalue weighted by Crippen LogP contribution is 2.35. The number of aromatic carboxylic acids is 1. The maximum absolute atomic E-state index is 15.7. The van der Waals surface area contributed by atoms with Crippen LogP contribution < -0.4 is 15.6 Å². The molecular formula is C26H26FN3O4S. The molecule has 1 unspecified atom stereocenters. The molecule has 5 rings (SSSR count). The summed E-state index contributed by atoms with van der Waals surface area (Å²) in [5.74, 6) is -2.08. The number of pyridine rings is 1. The van der Waals surface area contributed by atoms with Crippen LogP contribution in [0.1, 0.15) is 50.4 Å². The van der Waals surface area contributed by atoms with Crippen molar-refractivity contribution in [2.75, 3.05) is 11.4 Å². The van der Waals surface area contributed by atoms with E-state index in [4.69, 9.17) is 0 Å². The zero-order valence-electron chi connectivity index (χ0n) is 19.7. The molecule has 2 aromatic carbocycles. The number of fused-ring (bicyclic) bond motifs is 5. The van der Waals surface area contributed by atoms with E-state index in [2.05, 4.69) is 5.32 Å². The van der Waals surface area contributed by atoms with Gasteiger partial charge in [-0.25, -0.2) is 9.18 Å². The normalized spacial score (nSPS) is 16.8. The monoisotopic (exact) mass is 495 g/mol. The Labute approximate surface area is 204 Å². The highest BCUT2D eigenvalue weighted by atomic mass is 32.1. The number of nitrogens with zero attached hydrogens (tertiary/aromatic N) is 2. The summed E-state index contributed by atoms with van der Waals surface area (Å²) in [5, 5.41) is 13.0. The van der Waals surface area contributed by atoms with Crippen LogP contribution in [0.3, 0.4) is 0 Å². The summed E-state index contributed by atoms with van der Waals surface area (Å²) in [4.78, 5) is 40.6. The molecule has 2 N–H and O–H groups in total. The quantitative estimate of drug-likeness (QED) is 0.427. The molecule has 2 aromatic heterocycles. The second kappa shape index (κ2) is 8.34. The SMILES string of the molecule is CC(C)(C)NC(=O)C1CCCCN1c1cc2c(=O)c(C(=O)O)c3sc4ccccc4n3c2cc1F. The van der Waals surface area contributed by atoms with Gasteiger partial charge in [0.1, 0.15) is 22.3 Å². The number of para-hydroxylation sites is 1. The van der Waals surface area contributed by atoms with E-state index in [9.17, 15) is 19.5 Å². The van der Waals surface area contributed by atoms with Crippen LogP contribution in [0.4, 0.5) is 10.1 Å². The van der Waals surface area contributed by atoms with Gasteiger partial charge in [0, 0.05) is 23.5 Å². The molecule has 182 valence electrons. The van der Waals surface area contributed by atoms with Crippen molar-refractivity contribution in [3.05, 3.63) is 58.0 Å². The number of halogens is 1. The molecule has 1 fully saturated rings. The number of carboxylic acids is 1. The van der Waals surface area contributed by atoms with Crippen molar-refractivity contribution in [2.24, 2.45) is 0 Å². The van der Waals surface area contributed by atoms with Gasteiger partial charge in [0.15, 0.2) is 0 Å². The van der Waals surface area contributed by atoms with Crippen molar-refractivity contribution in [2.45, 2.75) is 51.6 Å². The summed E-state index contributed by atoms with van der Waals surface area (Å²) >= 11 is 1.19. The molecule has 4 aromatic rings. The van der Waals surface area contributed by atoms with Gasteiger partial charge < -0.3 is 15.3 Å². The number of rotatable bonds is 3. The average molecular weight is 496 g/mol. The molecule has 35 heavy (non-hydrogen) atoms. The Bertz CT molecular complexity index is 1570. The predicted molar refractivity (Wildman–Crippen MR) is 136 cm³/mol. The lowest BCUT2D eigenvalue weighted by Gasteiger charge is -2.38. The molecule has 0 bridgehead atoms. The summed E-state index contributed by atoms with van der Waals surface area (Å²) in [7, 11) is 0. The number of carbonyl (C=O) groups excluding carboxylic acids is 1. The topological polar surface area (TPSA) is 91.1 Å². The van der Waals surface area contributed by atoms with Crippen LogP contribution in [0, 0.1) is 5.82 Å². The van der Waals surface area contributed by atoms with Gasteiger partial charge in [0.2, 0.25) is 11.3 Å². The first kappa shape index (κ1) is 23.3. The lowest BCUT2D eigenvalue weighted by atomic mass is 9.98. The molecule has 7 nitrogen and oxygen atoms in total. The van der Waals surface area contributed by atoms with E-state index in [1.165, 1.54) is 23.5 Å². The number of hydrogen-bond acceptors (Lipinski definition) is 5. The molecule has 1 aliphatic heterocycles. The minimum absolute atomic E-state index is 0.111. The molecule has 1 aliphatic rings. The maximum atomic E-state index is 15.7. The van der Waals surface area contributed by atoms with Gasteiger partial charge in [-0.05, 0) is 58.2 Å². The summed E-state index contributed by atoms with van der Waals surface area (Å²) < 4.78 is 18.1. The molecule has 0 radical (unpaired) electrons. The van der Waals surface area contributed by atoms with E-state index < -0.39 is 28.8 Å². The van der Waals surface area contributed by atoms with Gasteiger partial charge in [-0.3, -0.25) is 14.0 Å². The number of carbonyl (C=O) groups is 2. The first-order valence-corrected chi connectivity index (χ1v) is 12.4. The standard InChI is InChI=1S/C26H26FN3O4S/c1-26(2,3)28-23(32)17-9-6-7-11-29(17)19-12-14-18(13-15(19)27)30-16-8-4-5-10-20(16)35-24(30)21(22(14)31)25(33)34/h4-5,8,10,12-13,17H,6-7,9,11H2,1-3H3,(H,28,32)(H,33,34). The minimum Gasteiger partial charge on any atom is -0.477 e. The third-order valence-electron chi connectivity index (χ3n) is 6.33. The number of thiazole rings is 1. The van der Waals surface area contributed by atoms with Gasteiger partial charge in [-0.15, -0.1) is 11.3 Å². The van der Waals surface area contributed by atoms with E-state index in [1.54, 1.807) is 9.30 Å². The Morgan fingerprint density at radius 1 is 1.14 bits per heavy atom. The van der Waals surface area contributed by atoms with Gasteiger partial charge in [-0.1, -0.05) is 12.1 Å². The van der Waals surface area contributed by atoms with Crippen LogP contribution in [0.25, 0.3) is 25.9 Å². The van der Waals surface area contributed by atoms with Gasteiger partial charge in [0.05, 0.1) is 21.4 Å². The first-order chi connectivity index (χ1) is 16.6. The van der Waals surface area contributed by atoms with Crippen LogP contribution in [0.15, 0.2) is 41.2 Å². The fourth-order valence-corrected chi connectivity index (χ4v) is 6.08. The van der Waals surface area contributed by atoms with Gasteiger partial charge in [0.25, 0.3) is 0 Å². The second-order valence-electron chi connectivity index (χ2n) is 9.98. The van der Waals surface area contributed by atoms with Crippen molar-refractivity contribution in [1.29, 1.82) is 0 Å². The number of amides is 1. The molecular weight excluding hydrogens is 469 g/mol. The van der Waals surface area contributed by atoms with E-state index in [0.717, 1.165) is 17.5 Å². The highest BCUT2D eigenvalue weighted by molar-refractivity contribution is 7.24. The number of anilines is 1. The molecule has 0 saturated carbocycles. The fourth-order valence-electron chi connectivity index (χ4n) is 4.89. The van der Waals surface area contributed by atoms with Crippen molar-refractivity contribution < 1.29 is 19.1 Å². The maximum Gasteiger partial charge on any atom is 0.342 e. The average Bonchev–Trinajstić information content (AvgIpc) is 3.16. The van der Waals surface area contributed by atoms with E-state index >= 15 is 4.39 Å². The molecule has 9 heteroatoms. The van der Waals surface area contributed by atoms with Crippen LogP contribution in [-0.4, -0.2) is 39.5 Å². The van der Waals surface area contributed by atoms with Gasteiger partial charge in [-0.2, -0.15) is 0 Å². The summed E-state index contributed by atoms with van der Waals surface area (Å²) in [6, 6.07) is 9.43. The lowest BCUT2D eigenvalue weighted by molar-refractivity contribution is -0.124. The molecule has 3 heterocycles. The number of benzene rings is 2. The van der Waals surface area contributed by atoms with Crippen LogP contribution in [0.2, 0.25) is 0 Å². The molecule has 0 aliphatic carbocycles. The summed E-state index contributed by atoms with van der Waals surface area (Å²) in [6.07, 6.45) is 2.18. The molecule has 1 saturated heterocycles. The van der Waals surface area contributed by atoms with E-state index in [-0.39, 0.29) is 27.4 Å². The zero-order chi connectivity index (χ0) is 25.1. The fraction of sp³-hybridized carbons (Fsp3) is 0.346. The Morgan fingerprint density at radius 3 is 2.60 bits per heavy atom. The van der Waals surface area contributed by atoms with Crippen molar-refractivity contribution in [3.63, 3.8) is 0 Å². The second-order valence-corrected chi connectivity index (χ2v) is 11.0. The largest absolute Gasteiger partial charge is 0.477 e. The van der Waals surface area contributed by atoms with Crippen LogP contribution in [-0.2, 0) is 4.79 Å². The molecule has 1 amide bonds. The zero-order valence-corrected chi connectivity index (χ0v) is 20.5. The van der Waals surface area contributed by atoms with E-state index in [1.807, 2.05) is 45.0 Å². The Balaban J connectivity index is 1.76. The van der Waals surface area contributed by atoms with Gasteiger partial charge >= 0.3 is 5.97 Å². The summed E-state index contributed by atoms with van der Waals surface area (Å²) in [5.41, 5.74) is -0.291. The van der Waals surface area contributed by atoms with Crippen LogP contribution in [0.5, 0.6) is 0 Å². The molecule has 1 atom stereocenters. The number of piperidine rings is 1. The third-order valence-corrected chi connectivity index (χ3v) is 7.48. The van der Waals surface area contributed by atoms with Crippen molar-refractivity contribution >= 4 is 54.9 Å². The number of aromatic nitrogens is 1. The lowest BCUT2D eigenvalue weighted by Crippen LogP contribution is -2.54. The number of hydrogen-bond donors (Lipinski definition) is 2. The highest BCUT2D eigenvalue weighted by Gasteiger charge is 2.33. The van der Waals surface area contributed by atoms with E-state index in [0.29, 0.717) is 24.0 Å². The number of nitrogens with one attached hydrogen (secondary N) is 1. The molecule has 0 spiro atoms. The first-order valence-electron chi connectivity index (χ1n) is 11.6. The minimum atomic E-state index is -1.33. The Kier molecular flexibility index (Phi) is 5.55. The van der Waals surface area contributed by atoms with Crippen molar-refractivity contribution in [3.8, 4) is 0 Å². The number of carboxylic acid groups (broad SMARTS) is 1. The predicted octanol–water partition coefficient (Wildman–Crippen LogP) is 4.78.